The van der Waals surface area contributed by atoms with Gasteiger partial charge in [-0.3, -0.25) is 0 Å². The Morgan fingerprint density at radius 3 is 2.78 bits per heavy atom. The molecule has 96 valence electrons. The highest BCUT2D eigenvalue weighted by molar-refractivity contribution is 7.89. The minimum atomic E-state index is -3.81. The lowest BCUT2D eigenvalue weighted by Crippen LogP contribution is -2.10. The average Bonchev–Trinajstić information content (AvgIpc) is 2.76. The molecule has 2 aromatic heterocycles. The molecule has 0 unspecified atom stereocenters. The molecule has 0 saturated heterocycles. The molecule has 2 aromatic rings. The van der Waals surface area contributed by atoms with Crippen LogP contribution in [0.2, 0.25) is 5.15 Å². The van der Waals surface area contributed by atoms with Gasteiger partial charge in [0.05, 0.1) is 12.2 Å². The number of halogens is 1. The van der Waals surface area contributed by atoms with Crippen LogP contribution in [0.25, 0.3) is 0 Å². The number of rotatable bonds is 4. The van der Waals surface area contributed by atoms with E-state index in [4.69, 9.17) is 21.2 Å². The van der Waals surface area contributed by atoms with Crippen LogP contribution in [0.5, 0.6) is 0 Å². The van der Waals surface area contributed by atoms with E-state index in [-0.39, 0.29) is 11.6 Å². The van der Waals surface area contributed by atoms with Crippen molar-refractivity contribution < 1.29 is 12.8 Å². The zero-order valence-electron chi connectivity index (χ0n) is 9.13. The third-order valence-corrected chi connectivity index (χ3v) is 3.21. The van der Waals surface area contributed by atoms with Crippen LogP contribution in [0.4, 0.5) is 5.69 Å². The molecule has 0 fully saturated rings. The number of pyridine rings is 1. The van der Waals surface area contributed by atoms with Gasteiger partial charge in [0.15, 0.2) is 5.15 Å². The molecule has 0 amide bonds. The first-order valence-corrected chi connectivity index (χ1v) is 6.85. The SMILES string of the molecule is NS(=O)(=O)c1ccc(CNc2cccnc2Cl)o1. The van der Waals surface area contributed by atoms with Crippen molar-refractivity contribution in [1.82, 2.24) is 4.98 Å². The van der Waals surface area contributed by atoms with Gasteiger partial charge in [-0.25, -0.2) is 18.5 Å². The minimum Gasteiger partial charge on any atom is -0.446 e. The average molecular weight is 288 g/mol. The fourth-order valence-corrected chi connectivity index (χ4v) is 1.97. The molecule has 2 heterocycles. The summed E-state index contributed by atoms with van der Waals surface area (Å²) in [4.78, 5) is 3.89. The maximum absolute atomic E-state index is 11.0. The van der Waals surface area contributed by atoms with Gasteiger partial charge in [0.2, 0.25) is 5.09 Å². The summed E-state index contributed by atoms with van der Waals surface area (Å²) in [5, 5.41) is 7.96. The predicted octanol–water partition coefficient (Wildman–Crippen LogP) is 1.59. The zero-order valence-corrected chi connectivity index (χ0v) is 10.7. The van der Waals surface area contributed by atoms with E-state index in [1.165, 1.54) is 12.1 Å². The molecule has 0 saturated carbocycles. The van der Waals surface area contributed by atoms with Crippen LogP contribution in [-0.2, 0) is 16.6 Å². The Bertz CT molecular complexity index is 654. The molecular formula is C10H10ClN3O3S. The third kappa shape index (κ3) is 3.00. The van der Waals surface area contributed by atoms with Gasteiger partial charge in [-0.1, -0.05) is 11.6 Å². The second-order valence-corrected chi connectivity index (χ2v) is 5.31. The summed E-state index contributed by atoms with van der Waals surface area (Å²) in [6, 6.07) is 6.30. The van der Waals surface area contributed by atoms with Gasteiger partial charge in [-0.2, -0.15) is 0 Å². The number of anilines is 1. The summed E-state index contributed by atoms with van der Waals surface area (Å²) in [6.45, 7) is 0.279. The normalized spacial score (nSPS) is 11.4. The lowest BCUT2D eigenvalue weighted by Gasteiger charge is -2.04. The number of hydrogen-bond donors (Lipinski definition) is 2. The van der Waals surface area contributed by atoms with Crippen LogP contribution in [0.3, 0.4) is 0 Å². The van der Waals surface area contributed by atoms with Crippen molar-refractivity contribution in [3.63, 3.8) is 0 Å². The van der Waals surface area contributed by atoms with Gasteiger partial charge in [-0.05, 0) is 24.3 Å². The number of primary sulfonamides is 1. The van der Waals surface area contributed by atoms with Crippen LogP contribution in [0.1, 0.15) is 5.76 Å². The number of nitrogens with one attached hydrogen (secondary N) is 1. The Morgan fingerprint density at radius 2 is 2.17 bits per heavy atom. The minimum absolute atomic E-state index is 0.267. The highest BCUT2D eigenvalue weighted by atomic mass is 35.5. The van der Waals surface area contributed by atoms with Crippen molar-refractivity contribution in [3.05, 3.63) is 41.4 Å². The second-order valence-electron chi connectivity index (χ2n) is 3.46. The highest BCUT2D eigenvalue weighted by Crippen LogP contribution is 2.19. The van der Waals surface area contributed by atoms with E-state index in [1.807, 2.05) is 0 Å². The number of furan rings is 1. The van der Waals surface area contributed by atoms with Crippen LogP contribution in [0.15, 0.2) is 40.0 Å². The molecule has 0 radical (unpaired) electrons. The topological polar surface area (TPSA) is 98.2 Å². The summed E-state index contributed by atoms with van der Waals surface area (Å²) in [7, 11) is -3.81. The predicted molar refractivity (Wildman–Crippen MR) is 66.7 cm³/mol. The highest BCUT2D eigenvalue weighted by Gasteiger charge is 2.13. The van der Waals surface area contributed by atoms with E-state index in [0.29, 0.717) is 16.6 Å². The molecule has 0 aromatic carbocycles. The van der Waals surface area contributed by atoms with Gasteiger partial charge in [-0.15, -0.1) is 0 Å². The maximum Gasteiger partial charge on any atom is 0.271 e. The van der Waals surface area contributed by atoms with Crippen molar-refractivity contribution in [3.8, 4) is 0 Å². The molecule has 0 aliphatic heterocycles. The molecule has 18 heavy (non-hydrogen) atoms. The van der Waals surface area contributed by atoms with Crippen molar-refractivity contribution >= 4 is 27.3 Å². The van der Waals surface area contributed by atoms with Crippen LogP contribution in [0, 0.1) is 0 Å². The first-order valence-electron chi connectivity index (χ1n) is 4.93. The maximum atomic E-state index is 11.0. The van der Waals surface area contributed by atoms with Crippen LogP contribution in [-0.4, -0.2) is 13.4 Å². The zero-order chi connectivity index (χ0) is 13.2. The van der Waals surface area contributed by atoms with E-state index < -0.39 is 10.0 Å². The largest absolute Gasteiger partial charge is 0.446 e. The summed E-state index contributed by atoms with van der Waals surface area (Å²) >= 11 is 5.85. The first-order chi connectivity index (χ1) is 8.47. The fourth-order valence-electron chi connectivity index (χ4n) is 1.31. The van der Waals surface area contributed by atoms with Gasteiger partial charge in [0, 0.05) is 6.20 Å². The monoisotopic (exact) mass is 287 g/mol. The van der Waals surface area contributed by atoms with E-state index in [0.717, 1.165) is 0 Å². The van der Waals surface area contributed by atoms with E-state index in [1.54, 1.807) is 18.3 Å². The third-order valence-electron chi connectivity index (χ3n) is 2.13. The molecule has 2 rings (SSSR count). The van der Waals surface area contributed by atoms with Gasteiger partial charge in [0.25, 0.3) is 10.0 Å². The van der Waals surface area contributed by atoms with Crippen LogP contribution < -0.4 is 10.5 Å². The lowest BCUT2D eigenvalue weighted by molar-refractivity contribution is 0.419. The fraction of sp³-hybridized carbons (Fsp3) is 0.100. The standard InChI is InChI=1S/C10H10ClN3O3S/c11-10-8(2-1-5-13-10)14-6-7-3-4-9(17-7)18(12,15)16/h1-5,14H,6H2,(H2,12,15,16). The summed E-state index contributed by atoms with van der Waals surface area (Å²) in [6.07, 6.45) is 1.57. The summed E-state index contributed by atoms with van der Waals surface area (Å²) < 4.78 is 27.1. The van der Waals surface area contributed by atoms with Crippen molar-refractivity contribution in [2.45, 2.75) is 11.6 Å². The number of aromatic nitrogens is 1. The number of hydrogen-bond acceptors (Lipinski definition) is 5. The molecule has 0 atom stereocenters. The summed E-state index contributed by atoms with van der Waals surface area (Å²) in [5.41, 5.74) is 0.632. The summed E-state index contributed by atoms with van der Waals surface area (Å²) in [5.74, 6) is 0.430. The molecule has 0 aliphatic carbocycles. The smallest absolute Gasteiger partial charge is 0.271 e. The Kier molecular flexibility index (Phi) is 3.55. The molecule has 8 heteroatoms. The Morgan fingerprint density at radius 1 is 1.39 bits per heavy atom. The Balaban J connectivity index is 2.08. The molecule has 0 bridgehead atoms. The molecular weight excluding hydrogens is 278 g/mol. The van der Waals surface area contributed by atoms with Gasteiger partial charge < -0.3 is 9.73 Å². The van der Waals surface area contributed by atoms with Crippen molar-refractivity contribution in [2.24, 2.45) is 5.14 Å². The Hall–Kier alpha value is -1.57. The molecule has 3 N–H and O–H groups in total. The number of nitrogens with two attached hydrogens (primary N) is 1. The van der Waals surface area contributed by atoms with Crippen LogP contribution >= 0.6 is 11.6 Å². The first kappa shape index (κ1) is 12.9. The second kappa shape index (κ2) is 4.97. The van der Waals surface area contributed by atoms with Gasteiger partial charge >= 0.3 is 0 Å². The molecule has 6 nitrogen and oxygen atoms in total. The van der Waals surface area contributed by atoms with E-state index in [9.17, 15) is 8.42 Å². The molecule has 0 spiro atoms. The lowest BCUT2D eigenvalue weighted by atomic mass is 10.4. The number of nitrogens with zero attached hydrogens (tertiary/aromatic N) is 1. The Labute approximate surface area is 109 Å². The van der Waals surface area contributed by atoms with Crippen molar-refractivity contribution in [1.29, 1.82) is 0 Å². The van der Waals surface area contributed by atoms with E-state index in [2.05, 4.69) is 10.3 Å². The quantitative estimate of drug-likeness (QED) is 0.832. The van der Waals surface area contributed by atoms with Crippen molar-refractivity contribution in [2.75, 3.05) is 5.32 Å². The van der Waals surface area contributed by atoms with Gasteiger partial charge in [0.1, 0.15) is 5.76 Å². The molecule has 0 aliphatic rings. The number of sulfonamides is 1. The van der Waals surface area contributed by atoms with E-state index >= 15 is 0 Å².